The minimum absolute atomic E-state index is 0.0563. The third kappa shape index (κ3) is 3.10. The zero-order valence-electron chi connectivity index (χ0n) is 10.5. The van der Waals surface area contributed by atoms with Crippen LogP contribution in [0.25, 0.3) is 0 Å². The summed E-state index contributed by atoms with van der Waals surface area (Å²) in [6.45, 7) is 5.07. The fourth-order valence-electron chi connectivity index (χ4n) is 1.60. The number of carbonyl (C=O) groups excluding carboxylic acids is 1. The Balaban J connectivity index is 3.11. The number of halogens is 3. The van der Waals surface area contributed by atoms with Gasteiger partial charge in [0.05, 0.1) is 11.6 Å². The van der Waals surface area contributed by atoms with Crippen molar-refractivity contribution in [1.29, 1.82) is 0 Å². The monoisotopic (exact) mass is 259 g/mol. The van der Waals surface area contributed by atoms with Gasteiger partial charge in [-0.1, -0.05) is 19.9 Å². The average molecular weight is 259 g/mol. The molecule has 100 valence electrons. The number of benzene rings is 1. The van der Waals surface area contributed by atoms with E-state index in [1.807, 2.05) is 0 Å². The molecule has 1 rings (SSSR count). The molecule has 0 radical (unpaired) electrons. The maximum absolute atomic E-state index is 12.5. The van der Waals surface area contributed by atoms with Gasteiger partial charge in [-0.2, -0.15) is 13.2 Å². The Kier molecular flexibility index (Phi) is 4.16. The van der Waals surface area contributed by atoms with Crippen molar-refractivity contribution in [3.8, 4) is 0 Å². The molecule has 2 nitrogen and oxygen atoms in total. The molecule has 0 amide bonds. The fraction of sp³-hybridized carbons (Fsp3) is 0.462. The molecule has 0 bridgehead atoms. The van der Waals surface area contributed by atoms with Crippen molar-refractivity contribution in [2.75, 3.05) is 0 Å². The lowest BCUT2D eigenvalue weighted by atomic mass is 9.92. The Bertz CT molecular complexity index is 452. The third-order valence-electron chi connectivity index (χ3n) is 2.84. The summed E-state index contributed by atoms with van der Waals surface area (Å²) in [5, 5.41) is 0. The highest BCUT2D eigenvalue weighted by Crippen LogP contribution is 2.30. The van der Waals surface area contributed by atoms with Crippen molar-refractivity contribution in [2.45, 2.75) is 33.0 Å². The number of aryl methyl sites for hydroxylation is 1. The maximum Gasteiger partial charge on any atom is 0.416 e. The number of nitrogens with two attached hydrogens (primary N) is 1. The summed E-state index contributed by atoms with van der Waals surface area (Å²) < 4.78 is 37.4. The summed E-state index contributed by atoms with van der Waals surface area (Å²) in [6.07, 6.45) is -4.40. The van der Waals surface area contributed by atoms with E-state index >= 15 is 0 Å². The summed E-state index contributed by atoms with van der Waals surface area (Å²) in [6, 6.07) is 2.39. The Hall–Kier alpha value is -1.36. The summed E-state index contributed by atoms with van der Waals surface area (Å²) in [5.74, 6) is -0.379. The van der Waals surface area contributed by atoms with E-state index in [4.69, 9.17) is 5.73 Å². The largest absolute Gasteiger partial charge is 0.416 e. The first kappa shape index (κ1) is 14.7. The van der Waals surface area contributed by atoms with E-state index < -0.39 is 17.8 Å². The van der Waals surface area contributed by atoms with Gasteiger partial charge < -0.3 is 5.73 Å². The predicted molar refractivity (Wildman–Crippen MR) is 63.3 cm³/mol. The molecule has 0 aliphatic heterocycles. The molecule has 0 aliphatic carbocycles. The summed E-state index contributed by atoms with van der Waals surface area (Å²) in [5.41, 5.74) is 5.51. The van der Waals surface area contributed by atoms with Crippen LogP contribution in [0.2, 0.25) is 0 Å². The molecular weight excluding hydrogens is 243 g/mol. The van der Waals surface area contributed by atoms with Gasteiger partial charge in [0.25, 0.3) is 0 Å². The Morgan fingerprint density at radius 1 is 1.28 bits per heavy atom. The van der Waals surface area contributed by atoms with E-state index in [1.165, 1.54) is 13.0 Å². The van der Waals surface area contributed by atoms with Crippen molar-refractivity contribution in [2.24, 2.45) is 11.7 Å². The molecule has 0 fully saturated rings. The maximum atomic E-state index is 12.5. The van der Waals surface area contributed by atoms with Gasteiger partial charge in [0.15, 0.2) is 5.78 Å². The quantitative estimate of drug-likeness (QED) is 0.847. The summed E-state index contributed by atoms with van der Waals surface area (Å²) in [7, 11) is 0. The highest BCUT2D eigenvalue weighted by molar-refractivity contribution is 6.01. The highest BCUT2D eigenvalue weighted by atomic mass is 19.4. The standard InChI is InChI=1S/C13H16F3NO/c1-7(2)11(17)12(18)10-5-4-9(6-8(10)3)13(14,15)16/h4-7,11H,17H2,1-3H3. The first-order valence-corrected chi connectivity index (χ1v) is 5.62. The van der Waals surface area contributed by atoms with E-state index in [9.17, 15) is 18.0 Å². The van der Waals surface area contributed by atoms with Crippen molar-refractivity contribution >= 4 is 5.78 Å². The Morgan fingerprint density at radius 3 is 2.22 bits per heavy atom. The molecule has 1 aromatic rings. The van der Waals surface area contributed by atoms with Crippen molar-refractivity contribution in [3.63, 3.8) is 0 Å². The minimum Gasteiger partial charge on any atom is -0.321 e. The number of carbonyl (C=O) groups is 1. The Labute approximate surface area is 104 Å². The molecule has 0 spiro atoms. The molecule has 2 N–H and O–H groups in total. The molecular formula is C13H16F3NO. The summed E-state index contributed by atoms with van der Waals surface area (Å²) in [4.78, 5) is 12.0. The molecule has 0 aromatic heterocycles. The fourth-order valence-corrected chi connectivity index (χ4v) is 1.60. The first-order chi connectivity index (χ1) is 8.14. The summed E-state index contributed by atoms with van der Waals surface area (Å²) >= 11 is 0. The van der Waals surface area contributed by atoms with E-state index in [0.717, 1.165) is 12.1 Å². The second kappa shape index (κ2) is 5.10. The number of Topliss-reactive ketones (excluding diaryl/α,β-unsaturated/α-hetero) is 1. The average Bonchev–Trinajstić information content (AvgIpc) is 2.25. The molecule has 0 saturated carbocycles. The molecule has 0 heterocycles. The van der Waals surface area contributed by atoms with Gasteiger partial charge in [-0.3, -0.25) is 4.79 Å². The smallest absolute Gasteiger partial charge is 0.321 e. The van der Waals surface area contributed by atoms with Gasteiger partial charge >= 0.3 is 6.18 Å². The van der Waals surface area contributed by atoms with E-state index in [1.54, 1.807) is 13.8 Å². The zero-order chi connectivity index (χ0) is 14.1. The van der Waals surface area contributed by atoms with E-state index in [0.29, 0.717) is 5.56 Å². The van der Waals surface area contributed by atoms with Gasteiger partial charge in [-0.15, -0.1) is 0 Å². The molecule has 1 aromatic carbocycles. The van der Waals surface area contributed by atoms with E-state index in [-0.39, 0.29) is 17.3 Å². The van der Waals surface area contributed by atoms with Crippen LogP contribution in [0.5, 0.6) is 0 Å². The van der Waals surface area contributed by atoms with Crippen molar-refractivity contribution in [3.05, 3.63) is 34.9 Å². The van der Waals surface area contributed by atoms with Crippen LogP contribution >= 0.6 is 0 Å². The predicted octanol–water partition coefficient (Wildman–Crippen LogP) is 3.18. The first-order valence-electron chi connectivity index (χ1n) is 5.62. The van der Waals surface area contributed by atoms with Crippen molar-refractivity contribution < 1.29 is 18.0 Å². The molecule has 5 heteroatoms. The normalized spacial score (nSPS) is 13.8. The second-order valence-electron chi connectivity index (χ2n) is 4.66. The molecule has 1 unspecified atom stereocenters. The van der Waals surface area contributed by atoms with Crippen LogP contribution in [0.1, 0.15) is 35.3 Å². The van der Waals surface area contributed by atoms with Gasteiger partial charge in [-0.05, 0) is 30.5 Å². The van der Waals surface area contributed by atoms with Crippen LogP contribution in [0, 0.1) is 12.8 Å². The lowest BCUT2D eigenvalue weighted by Gasteiger charge is -2.16. The molecule has 18 heavy (non-hydrogen) atoms. The third-order valence-corrected chi connectivity index (χ3v) is 2.84. The minimum atomic E-state index is -4.40. The van der Waals surface area contributed by atoms with Crippen LogP contribution < -0.4 is 5.73 Å². The lowest BCUT2D eigenvalue weighted by Crippen LogP contribution is -2.35. The number of hydrogen-bond acceptors (Lipinski definition) is 2. The number of rotatable bonds is 3. The van der Waals surface area contributed by atoms with Crippen LogP contribution in [0.15, 0.2) is 18.2 Å². The topological polar surface area (TPSA) is 43.1 Å². The van der Waals surface area contributed by atoms with E-state index in [2.05, 4.69) is 0 Å². The van der Waals surface area contributed by atoms with Crippen LogP contribution in [-0.2, 0) is 6.18 Å². The van der Waals surface area contributed by atoms with Gasteiger partial charge in [0.2, 0.25) is 0 Å². The highest BCUT2D eigenvalue weighted by Gasteiger charge is 2.31. The lowest BCUT2D eigenvalue weighted by molar-refractivity contribution is -0.137. The number of alkyl halides is 3. The van der Waals surface area contributed by atoms with Gasteiger partial charge in [-0.25, -0.2) is 0 Å². The van der Waals surface area contributed by atoms with Gasteiger partial charge in [0, 0.05) is 5.56 Å². The number of hydrogen-bond donors (Lipinski definition) is 1. The number of ketones is 1. The Morgan fingerprint density at radius 2 is 1.83 bits per heavy atom. The molecule has 0 saturated heterocycles. The molecule has 0 aliphatic rings. The van der Waals surface area contributed by atoms with Gasteiger partial charge in [0.1, 0.15) is 0 Å². The molecule has 1 atom stereocenters. The van der Waals surface area contributed by atoms with Crippen LogP contribution in [-0.4, -0.2) is 11.8 Å². The van der Waals surface area contributed by atoms with Crippen molar-refractivity contribution in [1.82, 2.24) is 0 Å². The van der Waals surface area contributed by atoms with Crippen LogP contribution in [0.3, 0.4) is 0 Å². The van der Waals surface area contributed by atoms with Crippen LogP contribution in [0.4, 0.5) is 13.2 Å². The second-order valence-corrected chi connectivity index (χ2v) is 4.66. The SMILES string of the molecule is Cc1cc(C(F)(F)F)ccc1C(=O)C(N)C(C)C. The zero-order valence-corrected chi connectivity index (χ0v) is 10.5.